The largest absolute Gasteiger partial charge is 0.379 e. The Bertz CT molecular complexity index is 1140. The third kappa shape index (κ3) is 5.42. The normalized spacial score (nSPS) is 17.4. The predicted octanol–water partition coefficient (Wildman–Crippen LogP) is 6.49. The minimum absolute atomic E-state index is 0.0226. The molecule has 1 atom stereocenters. The van der Waals surface area contributed by atoms with Crippen molar-refractivity contribution in [2.24, 2.45) is 0 Å². The molecule has 1 saturated heterocycles. The molecule has 1 unspecified atom stereocenters. The molecule has 0 aliphatic carbocycles. The van der Waals surface area contributed by atoms with Crippen molar-refractivity contribution in [2.45, 2.75) is 36.7 Å². The fourth-order valence-corrected chi connectivity index (χ4v) is 5.32. The van der Waals surface area contributed by atoms with E-state index in [1.54, 1.807) is 24.3 Å². The molecule has 3 aromatic rings. The van der Waals surface area contributed by atoms with E-state index in [-0.39, 0.29) is 10.6 Å². The van der Waals surface area contributed by atoms with Crippen molar-refractivity contribution in [1.82, 2.24) is 4.90 Å². The van der Waals surface area contributed by atoms with Crippen molar-refractivity contribution in [3.63, 3.8) is 0 Å². The molecule has 7 heteroatoms. The molecule has 1 aliphatic rings. The molecule has 1 heterocycles. The Morgan fingerprint density at radius 3 is 2.39 bits per heavy atom. The van der Waals surface area contributed by atoms with Crippen molar-refractivity contribution < 1.29 is 12.6 Å². The van der Waals surface area contributed by atoms with Crippen LogP contribution in [-0.2, 0) is 16.7 Å². The minimum Gasteiger partial charge on any atom is -0.379 e. The van der Waals surface area contributed by atoms with Gasteiger partial charge in [0.25, 0.3) is 0 Å². The zero-order valence-electron chi connectivity index (χ0n) is 16.9. The predicted molar refractivity (Wildman–Crippen MR) is 124 cm³/mol. The highest BCUT2D eigenvalue weighted by Crippen LogP contribution is 2.33. The van der Waals surface area contributed by atoms with Gasteiger partial charge in [0, 0.05) is 22.6 Å². The molecule has 31 heavy (non-hydrogen) atoms. The van der Waals surface area contributed by atoms with Crippen LogP contribution in [0.1, 0.15) is 36.4 Å². The summed E-state index contributed by atoms with van der Waals surface area (Å²) in [7, 11) is -3.99. The molecular formula is C24H23Cl2NO3S. The fourth-order valence-electron chi connectivity index (χ4n) is 3.93. The highest BCUT2D eigenvalue weighted by atomic mass is 35.5. The molecule has 1 fully saturated rings. The summed E-state index contributed by atoms with van der Waals surface area (Å²) in [5.41, 5.74) is 2.20. The zero-order valence-corrected chi connectivity index (χ0v) is 19.2. The van der Waals surface area contributed by atoms with E-state index in [4.69, 9.17) is 27.4 Å². The molecule has 0 N–H and O–H groups in total. The average Bonchev–Trinajstić information content (AvgIpc) is 2.77. The second-order valence-corrected chi connectivity index (χ2v) is 10.0. The third-order valence-electron chi connectivity index (χ3n) is 5.50. The van der Waals surface area contributed by atoms with Crippen LogP contribution in [0.2, 0.25) is 10.0 Å². The minimum atomic E-state index is -3.99. The van der Waals surface area contributed by atoms with Crippen LogP contribution in [-0.4, -0.2) is 19.9 Å². The summed E-state index contributed by atoms with van der Waals surface area (Å²) >= 11 is 12.3. The van der Waals surface area contributed by atoms with E-state index in [9.17, 15) is 8.42 Å². The first-order valence-electron chi connectivity index (χ1n) is 10.2. The topological polar surface area (TPSA) is 46.6 Å². The maximum Gasteiger partial charge on any atom is 0.339 e. The molecule has 0 saturated carbocycles. The van der Waals surface area contributed by atoms with Gasteiger partial charge in [0.1, 0.15) is 10.6 Å². The molecule has 4 nitrogen and oxygen atoms in total. The molecule has 0 aromatic heterocycles. The zero-order chi connectivity index (χ0) is 21.8. The van der Waals surface area contributed by atoms with Gasteiger partial charge in [-0.05, 0) is 66.9 Å². The lowest BCUT2D eigenvalue weighted by Gasteiger charge is -2.36. The van der Waals surface area contributed by atoms with Gasteiger partial charge in [-0.25, -0.2) is 0 Å². The summed E-state index contributed by atoms with van der Waals surface area (Å²) in [5, 5.41) is 0.918. The van der Waals surface area contributed by atoms with Gasteiger partial charge in [0.05, 0.1) is 0 Å². The maximum absolute atomic E-state index is 12.7. The van der Waals surface area contributed by atoms with Gasteiger partial charge < -0.3 is 4.18 Å². The van der Waals surface area contributed by atoms with Crippen LogP contribution in [0, 0.1) is 0 Å². The van der Waals surface area contributed by atoms with E-state index in [0.717, 1.165) is 24.9 Å². The highest BCUT2D eigenvalue weighted by molar-refractivity contribution is 7.87. The van der Waals surface area contributed by atoms with Crippen LogP contribution < -0.4 is 4.18 Å². The van der Waals surface area contributed by atoms with Crippen LogP contribution in [0.4, 0.5) is 0 Å². The van der Waals surface area contributed by atoms with E-state index in [2.05, 4.69) is 29.2 Å². The lowest BCUT2D eigenvalue weighted by molar-refractivity contribution is 0.140. The van der Waals surface area contributed by atoms with Gasteiger partial charge in [-0.15, -0.1) is 0 Å². The summed E-state index contributed by atoms with van der Waals surface area (Å²) in [5.74, 6) is 0.198. The Hall–Kier alpha value is -2.05. The molecule has 3 aromatic carbocycles. The Morgan fingerprint density at radius 1 is 0.935 bits per heavy atom. The monoisotopic (exact) mass is 475 g/mol. The molecule has 0 spiro atoms. The molecule has 0 radical (unpaired) electrons. The number of hydrogen-bond donors (Lipinski definition) is 0. The average molecular weight is 476 g/mol. The van der Waals surface area contributed by atoms with E-state index in [1.807, 2.05) is 6.07 Å². The standard InChI is InChI=1S/C24H23Cl2NO3S/c25-20-10-12-21(13-11-20)30-31(28,29)22-14-9-19(23(26)16-22)17-27-15-5-4-8-24(27)18-6-2-1-3-7-18/h1-3,6-7,9-14,16,24H,4-5,8,15,17H2. The van der Waals surface area contributed by atoms with Crippen molar-refractivity contribution >= 4 is 33.3 Å². The van der Waals surface area contributed by atoms with E-state index in [1.165, 1.54) is 30.2 Å². The smallest absolute Gasteiger partial charge is 0.339 e. The first kappa shape index (κ1) is 22.2. The lowest BCUT2D eigenvalue weighted by atomic mass is 9.94. The Kier molecular flexibility index (Phi) is 6.87. The second kappa shape index (κ2) is 9.61. The van der Waals surface area contributed by atoms with E-state index in [0.29, 0.717) is 22.6 Å². The summed E-state index contributed by atoms with van der Waals surface area (Å²) in [6, 6.07) is 21.8. The van der Waals surface area contributed by atoms with Gasteiger partial charge in [-0.2, -0.15) is 8.42 Å². The van der Waals surface area contributed by atoms with Gasteiger partial charge in [0.2, 0.25) is 0 Å². The first-order chi connectivity index (χ1) is 14.9. The van der Waals surface area contributed by atoms with Gasteiger partial charge in [-0.1, -0.05) is 66.0 Å². The summed E-state index contributed by atoms with van der Waals surface area (Å²) in [4.78, 5) is 2.44. The van der Waals surface area contributed by atoms with Crippen LogP contribution in [0.15, 0.2) is 77.7 Å². The number of likely N-dealkylation sites (tertiary alicyclic amines) is 1. The number of benzene rings is 3. The number of hydrogen-bond acceptors (Lipinski definition) is 4. The first-order valence-corrected chi connectivity index (χ1v) is 12.4. The number of rotatable bonds is 6. The Labute approximate surface area is 193 Å². The Balaban J connectivity index is 1.52. The summed E-state index contributed by atoms with van der Waals surface area (Å²) in [6.07, 6.45) is 3.44. The van der Waals surface area contributed by atoms with Gasteiger partial charge >= 0.3 is 10.1 Å². The molecule has 162 valence electrons. The van der Waals surface area contributed by atoms with Crippen molar-refractivity contribution in [3.8, 4) is 5.75 Å². The lowest BCUT2D eigenvalue weighted by Crippen LogP contribution is -2.33. The van der Waals surface area contributed by atoms with Crippen molar-refractivity contribution in [1.29, 1.82) is 0 Å². The number of piperidine rings is 1. The SMILES string of the molecule is O=S(=O)(Oc1ccc(Cl)cc1)c1ccc(CN2CCCCC2c2ccccc2)c(Cl)c1. The number of nitrogens with zero attached hydrogens (tertiary/aromatic N) is 1. The van der Waals surface area contributed by atoms with Gasteiger partial charge in [0.15, 0.2) is 0 Å². The molecule has 0 amide bonds. The van der Waals surface area contributed by atoms with Crippen LogP contribution >= 0.6 is 23.2 Å². The Morgan fingerprint density at radius 2 is 1.68 bits per heavy atom. The van der Waals surface area contributed by atoms with Crippen LogP contribution in [0.3, 0.4) is 0 Å². The fraction of sp³-hybridized carbons (Fsp3) is 0.250. The molecule has 4 rings (SSSR count). The molecular weight excluding hydrogens is 453 g/mol. The maximum atomic E-state index is 12.7. The summed E-state index contributed by atoms with van der Waals surface area (Å²) < 4.78 is 30.5. The molecule has 0 bridgehead atoms. The van der Waals surface area contributed by atoms with Crippen LogP contribution in [0.25, 0.3) is 0 Å². The van der Waals surface area contributed by atoms with E-state index >= 15 is 0 Å². The second-order valence-electron chi connectivity index (χ2n) is 7.64. The van der Waals surface area contributed by atoms with Crippen molar-refractivity contribution in [2.75, 3.05) is 6.54 Å². The number of halogens is 2. The summed E-state index contributed by atoms with van der Waals surface area (Å²) in [6.45, 7) is 1.65. The van der Waals surface area contributed by atoms with Gasteiger partial charge in [-0.3, -0.25) is 4.90 Å². The third-order valence-corrected chi connectivity index (χ3v) is 7.35. The van der Waals surface area contributed by atoms with Crippen LogP contribution in [0.5, 0.6) is 5.75 Å². The van der Waals surface area contributed by atoms with Crippen molar-refractivity contribution in [3.05, 3.63) is 94.0 Å². The van der Waals surface area contributed by atoms with E-state index < -0.39 is 10.1 Å². The molecule has 1 aliphatic heterocycles. The highest BCUT2D eigenvalue weighted by Gasteiger charge is 2.25. The quantitative estimate of drug-likeness (QED) is 0.382.